The number of non-ortho nitro benzene ring substituents is 1. The average Bonchev–Trinajstić information content (AvgIpc) is 3.04. The SMILES string of the molecule is O=[N+]([O-])c1ccc(Cl)c([C@H]2Nc3ccc(Br)cc3C3C=CCC32)c1. The highest BCUT2D eigenvalue weighted by Gasteiger charge is 2.39. The number of anilines is 1. The lowest BCUT2D eigenvalue weighted by atomic mass is 9.77. The molecule has 0 bridgehead atoms. The fourth-order valence-electron chi connectivity index (χ4n) is 3.76. The van der Waals surface area contributed by atoms with Crippen LogP contribution in [0.3, 0.4) is 0 Å². The van der Waals surface area contributed by atoms with Crippen LogP contribution in [-0.2, 0) is 0 Å². The summed E-state index contributed by atoms with van der Waals surface area (Å²) in [7, 11) is 0. The lowest BCUT2D eigenvalue weighted by Crippen LogP contribution is -2.29. The van der Waals surface area contributed by atoms with Crippen molar-refractivity contribution in [2.24, 2.45) is 5.92 Å². The van der Waals surface area contributed by atoms with Crippen LogP contribution in [0.4, 0.5) is 11.4 Å². The quantitative estimate of drug-likeness (QED) is 0.388. The number of halogens is 2. The molecule has 0 saturated carbocycles. The van der Waals surface area contributed by atoms with Crippen LogP contribution in [0.15, 0.2) is 53.0 Å². The van der Waals surface area contributed by atoms with Gasteiger partial charge >= 0.3 is 0 Å². The molecule has 0 aromatic heterocycles. The van der Waals surface area contributed by atoms with E-state index in [4.69, 9.17) is 11.6 Å². The summed E-state index contributed by atoms with van der Waals surface area (Å²) in [4.78, 5) is 10.8. The maximum Gasteiger partial charge on any atom is 0.269 e. The van der Waals surface area contributed by atoms with E-state index in [9.17, 15) is 10.1 Å². The molecule has 0 spiro atoms. The van der Waals surface area contributed by atoms with Gasteiger partial charge < -0.3 is 5.32 Å². The second-order valence-corrected chi connectivity index (χ2v) is 7.49. The van der Waals surface area contributed by atoms with E-state index in [0.29, 0.717) is 16.9 Å². The Morgan fingerprint density at radius 2 is 2.04 bits per heavy atom. The molecular weight excluding hydrogens is 392 g/mol. The minimum atomic E-state index is -0.377. The van der Waals surface area contributed by atoms with E-state index in [1.807, 2.05) is 12.1 Å². The van der Waals surface area contributed by atoms with Crippen LogP contribution in [0.1, 0.15) is 29.5 Å². The molecule has 3 atom stereocenters. The molecule has 0 saturated heterocycles. The molecule has 2 aromatic carbocycles. The van der Waals surface area contributed by atoms with E-state index < -0.39 is 0 Å². The molecule has 2 aromatic rings. The van der Waals surface area contributed by atoms with Gasteiger partial charge in [0, 0.05) is 38.8 Å². The Kier molecular flexibility index (Phi) is 3.85. The first-order valence-electron chi connectivity index (χ1n) is 7.71. The van der Waals surface area contributed by atoms with Crippen molar-refractivity contribution in [3.63, 3.8) is 0 Å². The molecule has 0 fully saturated rings. The number of allylic oxidation sites excluding steroid dienone is 2. The molecule has 122 valence electrons. The Bertz CT molecular complexity index is 868. The lowest BCUT2D eigenvalue weighted by molar-refractivity contribution is -0.384. The minimum absolute atomic E-state index is 0.0499. The van der Waals surface area contributed by atoms with Crippen LogP contribution in [0.25, 0.3) is 0 Å². The molecule has 6 heteroatoms. The number of fused-ring (bicyclic) bond motifs is 3. The van der Waals surface area contributed by atoms with Crippen LogP contribution in [0, 0.1) is 16.0 Å². The monoisotopic (exact) mass is 404 g/mol. The zero-order chi connectivity index (χ0) is 16.8. The standard InChI is InChI=1S/C18H14BrClN2O2/c19-10-4-7-17-14(8-10)12-2-1-3-13(12)18(21-17)15-9-11(22(23)24)5-6-16(15)20/h1-2,4-9,12-13,18,21H,3H2/t12?,13?,18-/m0/s1. The topological polar surface area (TPSA) is 55.2 Å². The van der Waals surface area contributed by atoms with Gasteiger partial charge in [-0.3, -0.25) is 10.1 Å². The smallest absolute Gasteiger partial charge is 0.269 e. The van der Waals surface area contributed by atoms with Crippen LogP contribution >= 0.6 is 27.5 Å². The molecule has 0 radical (unpaired) electrons. The first-order valence-corrected chi connectivity index (χ1v) is 8.88. The third-order valence-corrected chi connectivity index (χ3v) is 5.69. The van der Waals surface area contributed by atoms with Crippen molar-refractivity contribution in [1.29, 1.82) is 0 Å². The Morgan fingerprint density at radius 3 is 2.83 bits per heavy atom. The van der Waals surface area contributed by atoms with Crippen LogP contribution in [-0.4, -0.2) is 4.92 Å². The van der Waals surface area contributed by atoms with E-state index >= 15 is 0 Å². The molecule has 1 aliphatic heterocycles. The maximum absolute atomic E-state index is 11.1. The minimum Gasteiger partial charge on any atom is -0.378 e. The van der Waals surface area contributed by atoms with Gasteiger partial charge in [-0.1, -0.05) is 39.7 Å². The predicted molar refractivity (Wildman–Crippen MR) is 98.6 cm³/mol. The summed E-state index contributed by atoms with van der Waals surface area (Å²) in [5.41, 5.74) is 3.16. The first-order chi connectivity index (χ1) is 11.5. The summed E-state index contributed by atoms with van der Waals surface area (Å²) in [6.45, 7) is 0. The van der Waals surface area contributed by atoms with Gasteiger partial charge in [-0.25, -0.2) is 0 Å². The van der Waals surface area contributed by atoms with Crippen molar-refractivity contribution in [3.05, 3.63) is 79.3 Å². The number of nitro groups is 1. The van der Waals surface area contributed by atoms with Crippen molar-refractivity contribution in [2.75, 3.05) is 5.32 Å². The molecule has 2 aliphatic rings. The van der Waals surface area contributed by atoms with Crippen molar-refractivity contribution >= 4 is 38.9 Å². The van der Waals surface area contributed by atoms with Crippen LogP contribution in [0.2, 0.25) is 5.02 Å². The summed E-state index contributed by atoms with van der Waals surface area (Å²) in [6.07, 6.45) is 5.34. The van der Waals surface area contributed by atoms with E-state index in [0.717, 1.165) is 22.1 Å². The zero-order valence-corrected chi connectivity index (χ0v) is 14.9. The Labute approximate surface area is 152 Å². The molecule has 24 heavy (non-hydrogen) atoms. The van der Waals surface area contributed by atoms with Crippen LogP contribution in [0.5, 0.6) is 0 Å². The molecule has 1 heterocycles. The lowest BCUT2D eigenvalue weighted by Gasteiger charge is -2.37. The van der Waals surface area contributed by atoms with Gasteiger partial charge in [0.05, 0.1) is 11.0 Å². The molecular formula is C18H14BrClN2O2. The largest absolute Gasteiger partial charge is 0.378 e. The third kappa shape index (κ3) is 2.52. The number of hydrogen-bond donors (Lipinski definition) is 1. The predicted octanol–water partition coefficient (Wildman–Crippen LogP) is 5.84. The van der Waals surface area contributed by atoms with Gasteiger partial charge in [0.2, 0.25) is 0 Å². The number of nitrogens with one attached hydrogen (secondary N) is 1. The molecule has 4 rings (SSSR count). The van der Waals surface area contributed by atoms with Crippen molar-refractivity contribution in [2.45, 2.75) is 18.4 Å². The van der Waals surface area contributed by atoms with Gasteiger partial charge in [0.25, 0.3) is 5.69 Å². The summed E-state index contributed by atoms with van der Waals surface area (Å²) < 4.78 is 1.05. The molecule has 1 aliphatic carbocycles. The number of hydrogen-bond acceptors (Lipinski definition) is 3. The Hall–Kier alpha value is -1.85. The van der Waals surface area contributed by atoms with E-state index in [2.05, 4.69) is 39.5 Å². The van der Waals surface area contributed by atoms with Crippen molar-refractivity contribution in [1.82, 2.24) is 0 Å². The number of benzene rings is 2. The summed E-state index contributed by atoms with van der Waals surface area (Å²) >= 11 is 9.92. The molecule has 0 amide bonds. The fourth-order valence-corrected chi connectivity index (χ4v) is 4.37. The zero-order valence-electron chi connectivity index (χ0n) is 12.6. The third-order valence-electron chi connectivity index (χ3n) is 4.85. The maximum atomic E-state index is 11.1. The molecule has 2 unspecified atom stereocenters. The highest BCUT2D eigenvalue weighted by molar-refractivity contribution is 9.10. The number of rotatable bonds is 2. The van der Waals surface area contributed by atoms with Gasteiger partial charge in [-0.15, -0.1) is 0 Å². The second kappa shape index (κ2) is 5.90. The highest BCUT2D eigenvalue weighted by atomic mass is 79.9. The second-order valence-electron chi connectivity index (χ2n) is 6.17. The Morgan fingerprint density at radius 1 is 1.21 bits per heavy atom. The normalized spacial score (nSPS) is 24.2. The van der Waals surface area contributed by atoms with Crippen molar-refractivity contribution in [3.8, 4) is 0 Å². The highest BCUT2D eigenvalue weighted by Crippen LogP contribution is 2.51. The molecule has 1 N–H and O–H groups in total. The first kappa shape index (κ1) is 15.7. The van der Waals surface area contributed by atoms with E-state index in [1.165, 1.54) is 11.6 Å². The van der Waals surface area contributed by atoms with Gasteiger partial charge in [0.15, 0.2) is 0 Å². The Balaban J connectivity index is 1.81. The average molecular weight is 406 g/mol. The van der Waals surface area contributed by atoms with Gasteiger partial charge in [-0.05, 0) is 42.2 Å². The summed E-state index contributed by atoms with van der Waals surface area (Å²) in [6, 6.07) is 10.8. The molecule has 4 nitrogen and oxygen atoms in total. The van der Waals surface area contributed by atoms with Crippen molar-refractivity contribution < 1.29 is 4.92 Å². The van der Waals surface area contributed by atoms with Crippen LogP contribution < -0.4 is 5.32 Å². The summed E-state index contributed by atoms with van der Waals surface area (Å²) in [5.74, 6) is 0.588. The van der Waals surface area contributed by atoms with Gasteiger partial charge in [0.1, 0.15) is 0 Å². The van der Waals surface area contributed by atoms with E-state index in [-0.39, 0.29) is 16.7 Å². The fraction of sp³-hybridized carbons (Fsp3) is 0.222. The van der Waals surface area contributed by atoms with E-state index in [1.54, 1.807) is 12.1 Å². The number of nitro benzene ring substituents is 1. The van der Waals surface area contributed by atoms with Gasteiger partial charge in [-0.2, -0.15) is 0 Å². The summed E-state index contributed by atoms with van der Waals surface area (Å²) in [5, 5.41) is 15.2. The number of nitrogens with zero attached hydrogens (tertiary/aromatic N) is 1.